The second-order valence-electron chi connectivity index (χ2n) is 6.24. The summed E-state index contributed by atoms with van der Waals surface area (Å²) in [7, 11) is 0. The van der Waals surface area contributed by atoms with E-state index in [1.54, 1.807) is 4.90 Å². The third-order valence-corrected chi connectivity index (χ3v) is 4.49. The molecule has 0 saturated heterocycles. The molecule has 0 aliphatic carbocycles. The van der Waals surface area contributed by atoms with E-state index in [1.165, 1.54) is 0 Å². The molecular formula is C21H24N2O3. The highest BCUT2D eigenvalue weighted by atomic mass is 16.5. The van der Waals surface area contributed by atoms with Gasteiger partial charge in [0, 0.05) is 31.9 Å². The van der Waals surface area contributed by atoms with E-state index in [2.05, 4.69) is 5.32 Å². The van der Waals surface area contributed by atoms with Crippen LogP contribution in [0.3, 0.4) is 0 Å². The molecule has 1 aliphatic rings. The van der Waals surface area contributed by atoms with Crippen molar-refractivity contribution in [1.29, 1.82) is 0 Å². The Hall–Kier alpha value is -2.66. The van der Waals surface area contributed by atoms with E-state index in [4.69, 9.17) is 4.74 Å². The fourth-order valence-electron chi connectivity index (χ4n) is 3.22. The van der Waals surface area contributed by atoms with Crippen molar-refractivity contribution in [2.75, 3.05) is 19.8 Å². The molecule has 0 fully saturated rings. The second kappa shape index (κ2) is 8.63. The molecule has 26 heavy (non-hydrogen) atoms. The van der Waals surface area contributed by atoms with Gasteiger partial charge in [-0.15, -0.1) is 0 Å². The summed E-state index contributed by atoms with van der Waals surface area (Å²) < 4.78 is 5.30. The van der Waals surface area contributed by atoms with Crippen molar-refractivity contribution in [3.8, 4) is 0 Å². The fourth-order valence-corrected chi connectivity index (χ4v) is 3.22. The maximum absolute atomic E-state index is 12.9. The highest BCUT2D eigenvalue weighted by Crippen LogP contribution is 2.31. The Labute approximate surface area is 154 Å². The smallest absolute Gasteiger partial charge is 0.255 e. The zero-order valence-corrected chi connectivity index (χ0v) is 15.0. The fraction of sp³-hybridized carbons (Fsp3) is 0.333. The second-order valence-corrected chi connectivity index (χ2v) is 6.24. The number of rotatable bonds is 8. The van der Waals surface area contributed by atoms with E-state index < -0.39 is 6.04 Å². The van der Waals surface area contributed by atoms with Gasteiger partial charge in [0.15, 0.2) is 0 Å². The van der Waals surface area contributed by atoms with Crippen LogP contribution in [0.15, 0.2) is 54.6 Å². The van der Waals surface area contributed by atoms with Crippen molar-refractivity contribution in [2.45, 2.75) is 25.9 Å². The molecule has 5 heteroatoms. The summed E-state index contributed by atoms with van der Waals surface area (Å²) in [5, 5.41) is 2.95. The van der Waals surface area contributed by atoms with Gasteiger partial charge in [0.25, 0.3) is 5.91 Å². The first-order valence-electron chi connectivity index (χ1n) is 9.01. The van der Waals surface area contributed by atoms with Crippen LogP contribution in [0.1, 0.15) is 40.9 Å². The number of benzene rings is 2. The molecule has 0 unspecified atom stereocenters. The summed E-state index contributed by atoms with van der Waals surface area (Å²) in [6.45, 7) is 4.20. The molecule has 2 amide bonds. The highest BCUT2D eigenvalue weighted by molar-refractivity contribution is 6.01. The van der Waals surface area contributed by atoms with Gasteiger partial charge < -0.3 is 15.0 Å². The highest BCUT2D eigenvalue weighted by Gasteiger charge is 2.36. The lowest BCUT2D eigenvalue weighted by Crippen LogP contribution is -2.41. The van der Waals surface area contributed by atoms with Gasteiger partial charge in [-0.3, -0.25) is 9.59 Å². The maximum atomic E-state index is 12.9. The van der Waals surface area contributed by atoms with Crippen LogP contribution in [0.5, 0.6) is 0 Å². The zero-order valence-electron chi connectivity index (χ0n) is 15.0. The Morgan fingerprint density at radius 3 is 2.62 bits per heavy atom. The van der Waals surface area contributed by atoms with Gasteiger partial charge in [-0.25, -0.2) is 0 Å². The molecule has 3 rings (SSSR count). The predicted octanol–water partition coefficient (Wildman–Crippen LogP) is 2.93. The Bertz CT molecular complexity index is 761. The van der Waals surface area contributed by atoms with Crippen molar-refractivity contribution >= 4 is 11.8 Å². The SMILES string of the molecule is CCOCCCNC(=O)[C@@H](c1ccccc1)N1Cc2ccccc2C1=O. The molecule has 0 spiro atoms. The van der Waals surface area contributed by atoms with Crippen molar-refractivity contribution in [3.63, 3.8) is 0 Å². The molecule has 0 bridgehead atoms. The van der Waals surface area contributed by atoms with E-state index in [9.17, 15) is 9.59 Å². The lowest BCUT2D eigenvalue weighted by Gasteiger charge is -2.27. The average Bonchev–Trinajstić information content (AvgIpc) is 2.99. The molecule has 1 heterocycles. The Balaban J connectivity index is 1.77. The number of fused-ring (bicyclic) bond motifs is 1. The van der Waals surface area contributed by atoms with Gasteiger partial charge in [0.2, 0.25) is 5.91 Å². The maximum Gasteiger partial charge on any atom is 0.255 e. The number of nitrogens with zero attached hydrogens (tertiary/aromatic N) is 1. The van der Waals surface area contributed by atoms with Gasteiger partial charge in [-0.05, 0) is 30.5 Å². The van der Waals surface area contributed by atoms with Crippen LogP contribution in [0.25, 0.3) is 0 Å². The Morgan fingerprint density at radius 2 is 1.88 bits per heavy atom. The molecule has 0 radical (unpaired) electrons. The molecule has 1 aliphatic heterocycles. The number of hydrogen-bond acceptors (Lipinski definition) is 3. The first-order valence-corrected chi connectivity index (χ1v) is 9.01. The number of carbonyl (C=O) groups is 2. The van der Waals surface area contributed by atoms with Crippen molar-refractivity contribution in [2.24, 2.45) is 0 Å². The summed E-state index contributed by atoms with van der Waals surface area (Å²) >= 11 is 0. The zero-order chi connectivity index (χ0) is 18.4. The van der Waals surface area contributed by atoms with Crippen molar-refractivity contribution in [1.82, 2.24) is 10.2 Å². The van der Waals surface area contributed by atoms with Crippen LogP contribution in [-0.2, 0) is 16.1 Å². The normalized spacial score (nSPS) is 14.2. The van der Waals surface area contributed by atoms with Crippen molar-refractivity contribution < 1.29 is 14.3 Å². The van der Waals surface area contributed by atoms with Gasteiger partial charge in [0.05, 0.1) is 0 Å². The molecule has 2 aromatic rings. The number of nitrogens with one attached hydrogen (secondary N) is 1. The van der Waals surface area contributed by atoms with Crippen LogP contribution in [0.4, 0.5) is 0 Å². The van der Waals surface area contributed by atoms with E-state index in [-0.39, 0.29) is 11.8 Å². The first-order chi connectivity index (χ1) is 12.7. The molecule has 0 aromatic heterocycles. The first kappa shape index (κ1) is 18.1. The van der Waals surface area contributed by atoms with Gasteiger partial charge in [-0.1, -0.05) is 48.5 Å². The standard InChI is InChI=1S/C21H24N2O3/c1-2-26-14-8-13-22-20(24)19(16-9-4-3-5-10-16)23-15-17-11-6-7-12-18(17)21(23)25/h3-7,9-12,19H,2,8,13-15H2,1H3,(H,22,24)/t19-/m1/s1. The molecule has 136 valence electrons. The summed E-state index contributed by atoms with van der Waals surface area (Å²) in [6, 6.07) is 16.4. The summed E-state index contributed by atoms with van der Waals surface area (Å²) in [4.78, 5) is 27.4. The molecule has 5 nitrogen and oxygen atoms in total. The largest absolute Gasteiger partial charge is 0.382 e. The van der Waals surface area contributed by atoms with Gasteiger partial charge >= 0.3 is 0 Å². The molecule has 1 N–H and O–H groups in total. The third kappa shape index (κ3) is 3.94. The Kier molecular flexibility index (Phi) is 6.02. The minimum absolute atomic E-state index is 0.0982. The lowest BCUT2D eigenvalue weighted by atomic mass is 10.0. The Morgan fingerprint density at radius 1 is 1.15 bits per heavy atom. The summed E-state index contributed by atoms with van der Waals surface area (Å²) in [6.07, 6.45) is 0.745. The van der Waals surface area contributed by atoms with E-state index >= 15 is 0 Å². The van der Waals surface area contributed by atoms with E-state index in [0.29, 0.717) is 31.9 Å². The van der Waals surface area contributed by atoms with Crippen LogP contribution >= 0.6 is 0 Å². The quantitative estimate of drug-likeness (QED) is 0.743. The molecule has 1 atom stereocenters. The number of hydrogen-bond donors (Lipinski definition) is 1. The van der Waals surface area contributed by atoms with Crippen LogP contribution < -0.4 is 5.32 Å². The predicted molar refractivity (Wildman–Crippen MR) is 99.6 cm³/mol. The molecule has 0 saturated carbocycles. The van der Waals surface area contributed by atoms with Crippen LogP contribution in [0, 0.1) is 0 Å². The summed E-state index contributed by atoms with van der Waals surface area (Å²) in [5.41, 5.74) is 2.45. The lowest BCUT2D eigenvalue weighted by molar-refractivity contribution is -0.126. The third-order valence-electron chi connectivity index (χ3n) is 4.49. The molecular weight excluding hydrogens is 328 g/mol. The monoisotopic (exact) mass is 352 g/mol. The van der Waals surface area contributed by atoms with E-state index in [1.807, 2.05) is 61.5 Å². The minimum atomic E-state index is -0.636. The number of amides is 2. The average molecular weight is 352 g/mol. The van der Waals surface area contributed by atoms with Gasteiger partial charge in [0.1, 0.15) is 6.04 Å². The number of ether oxygens (including phenoxy) is 1. The number of carbonyl (C=O) groups excluding carboxylic acids is 2. The van der Waals surface area contributed by atoms with Gasteiger partial charge in [-0.2, -0.15) is 0 Å². The van der Waals surface area contributed by atoms with Crippen LogP contribution in [0.2, 0.25) is 0 Å². The molecule has 2 aromatic carbocycles. The van der Waals surface area contributed by atoms with E-state index in [0.717, 1.165) is 17.5 Å². The summed E-state index contributed by atoms with van der Waals surface area (Å²) in [5.74, 6) is -0.257. The van der Waals surface area contributed by atoms with Crippen LogP contribution in [-0.4, -0.2) is 36.5 Å². The minimum Gasteiger partial charge on any atom is -0.382 e. The topological polar surface area (TPSA) is 58.6 Å². The van der Waals surface area contributed by atoms with Crippen molar-refractivity contribution in [3.05, 3.63) is 71.3 Å².